The number of carbonyl (C=O) groups excluding carboxylic acids is 1. The van der Waals surface area contributed by atoms with E-state index >= 15 is 0 Å². The summed E-state index contributed by atoms with van der Waals surface area (Å²) in [6.07, 6.45) is 4.25. The topological polar surface area (TPSA) is 26.3 Å². The second-order valence-corrected chi connectivity index (χ2v) is 3.79. The minimum absolute atomic E-state index is 0.254. The van der Waals surface area contributed by atoms with Gasteiger partial charge in [0.25, 0.3) is 0 Å². The van der Waals surface area contributed by atoms with Gasteiger partial charge in [0.2, 0.25) is 0 Å². The van der Waals surface area contributed by atoms with E-state index in [4.69, 9.17) is 4.74 Å². The molecule has 0 N–H and O–H groups in total. The van der Waals surface area contributed by atoms with Gasteiger partial charge in [0, 0.05) is 19.6 Å². The molecule has 2 heteroatoms. The van der Waals surface area contributed by atoms with E-state index in [1.807, 2.05) is 0 Å². The number of unbranched alkanes of at least 4 members (excludes halogenated alkanes) is 2. The van der Waals surface area contributed by atoms with Gasteiger partial charge in [-0.1, -0.05) is 26.7 Å². The third-order valence-corrected chi connectivity index (χ3v) is 1.93. The molecule has 1 atom stereocenters. The van der Waals surface area contributed by atoms with E-state index in [9.17, 15) is 4.79 Å². The fourth-order valence-electron chi connectivity index (χ4n) is 1.29. The molecule has 13 heavy (non-hydrogen) atoms. The van der Waals surface area contributed by atoms with Crippen molar-refractivity contribution in [3.05, 3.63) is 0 Å². The van der Waals surface area contributed by atoms with Gasteiger partial charge < -0.3 is 9.53 Å². The van der Waals surface area contributed by atoms with E-state index in [1.54, 1.807) is 6.92 Å². The molecule has 0 aromatic rings. The first-order chi connectivity index (χ1) is 6.16. The second kappa shape index (κ2) is 8.24. The summed E-state index contributed by atoms with van der Waals surface area (Å²) in [5.74, 6) is 0.629. The average Bonchev–Trinajstić information content (AvgIpc) is 2.02. The molecule has 0 aliphatic rings. The standard InChI is InChI=1S/C11H22O2/c1-4-5-6-7-13-9-10(2)8-11(3)12/h10H,4-9H2,1-3H3. The molecule has 0 aliphatic heterocycles. The highest BCUT2D eigenvalue weighted by atomic mass is 16.5. The van der Waals surface area contributed by atoms with Gasteiger partial charge >= 0.3 is 0 Å². The van der Waals surface area contributed by atoms with Gasteiger partial charge in [-0.25, -0.2) is 0 Å². The van der Waals surface area contributed by atoms with Crippen molar-refractivity contribution >= 4 is 5.78 Å². The molecule has 0 radical (unpaired) electrons. The summed E-state index contributed by atoms with van der Waals surface area (Å²) in [5.41, 5.74) is 0. The lowest BCUT2D eigenvalue weighted by atomic mass is 10.1. The first kappa shape index (κ1) is 12.6. The van der Waals surface area contributed by atoms with Crippen LogP contribution in [-0.4, -0.2) is 19.0 Å². The molecule has 0 amide bonds. The fourth-order valence-corrected chi connectivity index (χ4v) is 1.29. The maximum Gasteiger partial charge on any atom is 0.130 e. The quantitative estimate of drug-likeness (QED) is 0.545. The number of carbonyl (C=O) groups is 1. The molecule has 0 aromatic heterocycles. The van der Waals surface area contributed by atoms with Crippen LogP contribution in [-0.2, 0) is 9.53 Å². The van der Waals surface area contributed by atoms with Crippen molar-refractivity contribution in [3.8, 4) is 0 Å². The number of ketones is 1. The monoisotopic (exact) mass is 186 g/mol. The molecule has 0 rings (SSSR count). The molecule has 78 valence electrons. The molecular weight excluding hydrogens is 164 g/mol. The van der Waals surface area contributed by atoms with Crippen LogP contribution >= 0.6 is 0 Å². The molecule has 0 aliphatic carbocycles. The van der Waals surface area contributed by atoms with Gasteiger partial charge in [-0.15, -0.1) is 0 Å². The molecule has 0 spiro atoms. The van der Waals surface area contributed by atoms with Gasteiger partial charge in [0.15, 0.2) is 0 Å². The number of hydrogen-bond acceptors (Lipinski definition) is 2. The van der Waals surface area contributed by atoms with Crippen LogP contribution in [0.4, 0.5) is 0 Å². The first-order valence-electron chi connectivity index (χ1n) is 5.24. The highest BCUT2D eigenvalue weighted by molar-refractivity contribution is 5.75. The maximum atomic E-state index is 10.7. The molecule has 0 saturated heterocycles. The predicted octanol–water partition coefficient (Wildman–Crippen LogP) is 2.81. The van der Waals surface area contributed by atoms with E-state index in [-0.39, 0.29) is 5.78 Å². The van der Waals surface area contributed by atoms with Gasteiger partial charge in [-0.05, 0) is 19.3 Å². The smallest absolute Gasteiger partial charge is 0.130 e. The van der Waals surface area contributed by atoms with Crippen LogP contribution in [0.1, 0.15) is 46.5 Å². The van der Waals surface area contributed by atoms with Crippen molar-refractivity contribution in [1.82, 2.24) is 0 Å². The van der Waals surface area contributed by atoms with Crippen molar-refractivity contribution in [3.63, 3.8) is 0 Å². The third kappa shape index (κ3) is 9.54. The average molecular weight is 186 g/mol. The summed E-state index contributed by atoms with van der Waals surface area (Å²) in [5, 5.41) is 0. The maximum absolute atomic E-state index is 10.7. The Morgan fingerprint density at radius 2 is 2.08 bits per heavy atom. The predicted molar refractivity (Wildman–Crippen MR) is 54.8 cm³/mol. The summed E-state index contributed by atoms with van der Waals surface area (Å²) in [4.78, 5) is 10.7. The lowest BCUT2D eigenvalue weighted by molar-refractivity contribution is -0.118. The lowest BCUT2D eigenvalue weighted by Crippen LogP contribution is -2.10. The first-order valence-corrected chi connectivity index (χ1v) is 5.24. The van der Waals surface area contributed by atoms with E-state index in [0.29, 0.717) is 12.3 Å². The SMILES string of the molecule is CCCCCOCC(C)CC(C)=O. The summed E-state index contributed by atoms with van der Waals surface area (Å²) in [6.45, 7) is 7.44. The molecule has 0 heterocycles. The number of rotatable bonds is 8. The Kier molecular flexibility index (Phi) is 8.00. The van der Waals surface area contributed by atoms with Crippen LogP contribution in [0.3, 0.4) is 0 Å². The third-order valence-electron chi connectivity index (χ3n) is 1.93. The fraction of sp³-hybridized carbons (Fsp3) is 0.909. The van der Waals surface area contributed by atoms with Crippen molar-refractivity contribution in [2.45, 2.75) is 46.5 Å². The summed E-state index contributed by atoms with van der Waals surface area (Å²) in [7, 11) is 0. The zero-order chi connectivity index (χ0) is 10.1. The molecular formula is C11H22O2. The molecule has 0 saturated carbocycles. The van der Waals surface area contributed by atoms with Crippen molar-refractivity contribution in [1.29, 1.82) is 0 Å². The molecule has 0 bridgehead atoms. The van der Waals surface area contributed by atoms with Gasteiger partial charge in [-0.2, -0.15) is 0 Å². The van der Waals surface area contributed by atoms with E-state index < -0.39 is 0 Å². The highest BCUT2D eigenvalue weighted by Gasteiger charge is 2.04. The Labute approximate surface area is 81.7 Å². The van der Waals surface area contributed by atoms with Crippen molar-refractivity contribution < 1.29 is 9.53 Å². The minimum Gasteiger partial charge on any atom is -0.381 e. The van der Waals surface area contributed by atoms with Crippen LogP contribution in [0.25, 0.3) is 0 Å². The molecule has 2 nitrogen and oxygen atoms in total. The minimum atomic E-state index is 0.254. The Balaban J connectivity index is 3.17. The van der Waals surface area contributed by atoms with Gasteiger partial charge in [0.1, 0.15) is 5.78 Å². The van der Waals surface area contributed by atoms with Crippen molar-refractivity contribution in [2.75, 3.05) is 13.2 Å². The zero-order valence-corrected chi connectivity index (χ0v) is 9.14. The molecule has 0 aromatic carbocycles. The number of ether oxygens (including phenoxy) is 1. The van der Waals surface area contributed by atoms with Crippen molar-refractivity contribution in [2.24, 2.45) is 5.92 Å². The number of hydrogen-bond donors (Lipinski definition) is 0. The van der Waals surface area contributed by atoms with Gasteiger partial charge in [0.05, 0.1) is 0 Å². The Bertz CT molecular complexity index is 132. The Morgan fingerprint density at radius 3 is 2.62 bits per heavy atom. The normalized spacial score (nSPS) is 12.8. The van der Waals surface area contributed by atoms with Crippen LogP contribution < -0.4 is 0 Å². The Hall–Kier alpha value is -0.370. The summed E-state index contributed by atoms with van der Waals surface area (Å²) >= 11 is 0. The molecule has 1 unspecified atom stereocenters. The Morgan fingerprint density at radius 1 is 1.38 bits per heavy atom. The summed E-state index contributed by atoms with van der Waals surface area (Å²) < 4.78 is 5.45. The lowest BCUT2D eigenvalue weighted by Gasteiger charge is -2.09. The largest absolute Gasteiger partial charge is 0.381 e. The number of Topliss-reactive ketones (excluding diaryl/α,β-unsaturated/α-hetero) is 1. The van der Waals surface area contributed by atoms with E-state index in [1.165, 1.54) is 12.8 Å². The zero-order valence-electron chi connectivity index (χ0n) is 9.14. The summed E-state index contributed by atoms with van der Waals surface area (Å²) in [6, 6.07) is 0. The van der Waals surface area contributed by atoms with E-state index in [0.717, 1.165) is 19.6 Å². The van der Waals surface area contributed by atoms with Crippen LogP contribution in [0.5, 0.6) is 0 Å². The van der Waals surface area contributed by atoms with E-state index in [2.05, 4.69) is 13.8 Å². The van der Waals surface area contributed by atoms with Crippen LogP contribution in [0, 0.1) is 5.92 Å². The molecule has 0 fully saturated rings. The van der Waals surface area contributed by atoms with Crippen LogP contribution in [0.15, 0.2) is 0 Å². The van der Waals surface area contributed by atoms with Gasteiger partial charge in [-0.3, -0.25) is 0 Å². The van der Waals surface area contributed by atoms with Crippen LogP contribution in [0.2, 0.25) is 0 Å². The second-order valence-electron chi connectivity index (χ2n) is 3.79. The highest BCUT2D eigenvalue weighted by Crippen LogP contribution is 2.03.